The molecule has 0 atom stereocenters. The molecular weight excluding hydrogens is 263 g/mol. The van der Waals surface area contributed by atoms with Gasteiger partial charge in [-0.25, -0.2) is 0 Å². The molecule has 3 nitrogen and oxygen atoms in total. The molecule has 0 radical (unpaired) electrons. The molecule has 0 aliphatic heterocycles. The summed E-state index contributed by atoms with van der Waals surface area (Å²) in [5, 5.41) is 2.38. The molecule has 0 N–H and O–H groups in total. The van der Waals surface area contributed by atoms with E-state index < -0.39 is 0 Å². The molecule has 18 heavy (non-hydrogen) atoms. The van der Waals surface area contributed by atoms with Crippen molar-refractivity contribution in [3.05, 3.63) is 47.8 Å². The molecule has 0 saturated heterocycles. The SMILES string of the molecule is Cc1ccnc2c1ccc1c(C)ccnc12.[O]=[V]. The summed E-state index contributed by atoms with van der Waals surface area (Å²) in [5.41, 5.74) is 4.49. The van der Waals surface area contributed by atoms with E-state index in [0.29, 0.717) is 0 Å². The summed E-state index contributed by atoms with van der Waals surface area (Å²) in [6.45, 7) is 4.21. The first-order valence-electron chi connectivity index (χ1n) is 5.55. The van der Waals surface area contributed by atoms with Crippen LogP contribution in [-0.2, 0) is 21.0 Å². The van der Waals surface area contributed by atoms with Gasteiger partial charge in [-0.3, -0.25) is 9.97 Å². The van der Waals surface area contributed by atoms with Gasteiger partial charge in [-0.15, -0.1) is 0 Å². The normalized spacial score (nSPS) is 10.1. The molecule has 0 saturated carbocycles. The Kier molecular flexibility index (Phi) is 3.85. The van der Waals surface area contributed by atoms with Crippen molar-refractivity contribution >= 4 is 21.8 Å². The van der Waals surface area contributed by atoms with Crippen molar-refractivity contribution in [2.24, 2.45) is 0 Å². The van der Waals surface area contributed by atoms with Gasteiger partial charge >= 0.3 is 21.0 Å². The van der Waals surface area contributed by atoms with E-state index in [2.05, 4.69) is 35.9 Å². The predicted molar refractivity (Wildman–Crippen MR) is 67.2 cm³/mol. The zero-order valence-corrected chi connectivity index (χ0v) is 11.6. The fourth-order valence-corrected chi connectivity index (χ4v) is 2.10. The van der Waals surface area contributed by atoms with Crippen LogP contribution in [0.1, 0.15) is 11.1 Å². The van der Waals surface area contributed by atoms with Crippen molar-refractivity contribution in [2.75, 3.05) is 0 Å². The van der Waals surface area contributed by atoms with E-state index in [1.54, 1.807) is 0 Å². The van der Waals surface area contributed by atoms with E-state index in [-0.39, 0.29) is 0 Å². The Morgan fingerprint density at radius 1 is 0.778 bits per heavy atom. The van der Waals surface area contributed by atoms with Gasteiger partial charge < -0.3 is 0 Å². The Bertz CT molecular complexity index is 652. The van der Waals surface area contributed by atoms with Gasteiger partial charge in [-0.1, -0.05) is 12.1 Å². The summed E-state index contributed by atoms with van der Waals surface area (Å²) in [6.07, 6.45) is 3.70. The molecule has 0 aliphatic carbocycles. The number of fused-ring (bicyclic) bond motifs is 3. The van der Waals surface area contributed by atoms with E-state index in [1.165, 1.54) is 21.9 Å². The first-order valence-corrected chi connectivity index (χ1v) is 6.12. The van der Waals surface area contributed by atoms with Crippen LogP contribution >= 0.6 is 0 Å². The summed E-state index contributed by atoms with van der Waals surface area (Å²) in [7, 11) is 0. The maximum atomic E-state index is 8.19. The maximum absolute atomic E-state index is 8.19. The number of pyridine rings is 2. The van der Waals surface area contributed by atoms with Crippen molar-refractivity contribution in [2.45, 2.75) is 13.8 Å². The van der Waals surface area contributed by atoms with E-state index in [9.17, 15) is 0 Å². The first kappa shape index (κ1) is 12.9. The van der Waals surface area contributed by atoms with Gasteiger partial charge in [-0.05, 0) is 37.1 Å². The third-order valence-corrected chi connectivity index (χ3v) is 3.06. The molecule has 0 amide bonds. The van der Waals surface area contributed by atoms with Crippen LogP contribution in [0.15, 0.2) is 36.7 Å². The molecular formula is C14H12N2OV. The van der Waals surface area contributed by atoms with Crippen LogP contribution in [0.25, 0.3) is 21.8 Å². The van der Waals surface area contributed by atoms with Gasteiger partial charge in [0.15, 0.2) is 0 Å². The van der Waals surface area contributed by atoms with Crippen LogP contribution in [0.5, 0.6) is 0 Å². The fourth-order valence-electron chi connectivity index (χ4n) is 2.10. The van der Waals surface area contributed by atoms with E-state index in [4.69, 9.17) is 3.67 Å². The van der Waals surface area contributed by atoms with Crippen LogP contribution in [0.4, 0.5) is 0 Å². The van der Waals surface area contributed by atoms with Gasteiger partial charge in [0.05, 0.1) is 11.0 Å². The molecule has 3 aromatic rings. The summed E-state index contributed by atoms with van der Waals surface area (Å²) in [6, 6.07) is 8.33. The molecule has 0 fully saturated rings. The monoisotopic (exact) mass is 275 g/mol. The molecule has 0 bridgehead atoms. The molecule has 0 unspecified atom stereocenters. The van der Waals surface area contributed by atoms with Gasteiger partial charge in [0.2, 0.25) is 0 Å². The molecule has 3 rings (SSSR count). The predicted octanol–water partition coefficient (Wildman–Crippen LogP) is 3.28. The Morgan fingerprint density at radius 3 is 1.56 bits per heavy atom. The molecule has 2 heterocycles. The van der Waals surface area contributed by atoms with Gasteiger partial charge in [-0.2, -0.15) is 0 Å². The van der Waals surface area contributed by atoms with E-state index in [1.807, 2.05) is 24.5 Å². The minimum atomic E-state index is 1.00. The van der Waals surface area contributed by atoms with Crippen LogP contribution in [0, 0.1) is 13.8 Å². The van der Waals surface area contributed by atoms with Gasteiger partial charge in [0.1, 0.15) is 0 Å². The zero-order chi connectivity index (χ0) is 13.1. The van der Waals surface area contributed by atoms with Crippen molar-refractivity contribution in [3.8, 4) is 0 Å². The topological polar surface area (TPSA) is 42.9 Å². The average molecular weight is 275 g/mol. The summed E-state index contributed by atoms with van der Waals surface area (Å²) in [4.78, 5) is 8.90. The summed E-state index contributed by atoms with van der Waals surface area (Å²) < 4.78 is 8.19. The van der Waals surface area contributed by atoms with Crippen molar-refractivity contribution < 1.29 is 21.0 Å². The van der Waals surface area contributed by atoms with Gasteiger partial charge in [0, 0.05) is 23.2 Å². The second-order valence-electron chi connectivity index (χ2n) is 4.11. The average Bonchev–Trinajstić information content (AvgIpc) is 2.42. The molecule has 0 aliphatic rings. The number of aromatic nitrogens is 2. The van der Waals surface area contributed by atoms with Crippen LogP contribution < -0.4 is 0 Å². The van der Waals surface area contributed by atoms with Crippen LogP contribution in [0.3, 0.4) is 0 Å². The van der Waals surface area contributed by atoms with Crippen LogP contribution in [0.2, 0.25) is 0 Å². The third kappa shape index (κ3) is 2.07. The van der Waals surface area contributed by atoms with Crippen molar-refractivity contribution in [1.29, 1.82) is 0 Å². The molecule has 89 valence electrons. The molecule has 0 spiro atoms. The second-order valence-corrected chi connectivity index (χ2v) is 4.11. The summed E-state index contributed by atoms with van der Waals surface area (Å²) in [5.74, 6) is 0. The van der Waals surface area contributed by atoms with E-state index >= 15 is 0 Å². The number of benzene rings is 1. The Labute approximate surface area is 114 Å². The fraction of sp³-hybridized carbons (Fsp3) is 0.143. The zero-order valence-electron chi connectivity index (χ0n) is 10.2. The van der Waals surface area contributed by atoms with Crippen molar-refractivity contribution in [1.82, 2.24) is 9.97 Å². The first-order chi connectivity index (χ1) is 8.77. The number of aryl methyl sites for hydroxylation is 2. The van der Waals surface area contributed by atoms with Crippen LogP contribution in [-0.4, -0.2) is 9.97 Å². The molecule has 4 heteroatoms. The minimum absolute atomic E-state index is 1.00. The quantitative estimate of drug-likeness (QED) is 0.591. The van der Waals surface area contributed by atoms with Crippen molar-refractivity contribution in [3.63, 3.8) is 0 Å². The Balaban J connectivity index is 0.000000574. The summed E-state index contributed by atoms with van der Waals surface area (Å²) >= 11 is 1.06. The standard InChI is InChI=1S/C14H12N2.O.V/c1-9-5-7-15-13-11(9)3-4-12-10(2)6-8-16-14(12)13;;/h3-8H,1-2H3;;. The van der Waals surface area contributed by atoms with E-state index in [0.717, 1.165) is 28.4 Å². The Hall–Kier alpha value is -1.58. The molecule has 2 aromatic heterocycles. The number of hydrogen-bond acceptors (Lipinski definition) is 3. The number of hydrogen-bond donors (Lipinski definition) is 0. The van der Waals surface area contributed by atoms with Gasteiger partial charge in [0.25, 0.3) is 0 Å². The third-order valence-electron chi connectivity index (χ3n) is 3.06. The number of rotatable bonds is 0. The Morgan fingerprint density at radius 2 is 1.17 bits per heavy atom. The molecule has 1 aromatic carbocycles. The second kappa shape index (κ2) is 5.38. The number of nitrogens with zero attached hydrogens (tertiary/aromatic N) is 2.